The number of benzene rings is 2. The summed E-state index contributed by atoms with van der Waals surface area (Å²) in [7, 11) is 0. The van der Waals surface area contributed by atoms with Crippen molar-refractivity contribution in [3.8, 4) is 0 Å². The molecule has 2 rings (SSSR count). The molecule has 0 aliphatic rings. The highest BCUT2D eigenvalue weighted by atomic mass is 19.1. The van der Waals surface area contributed by atoms with Gasteiger partial charge in [0.2, 0.25) is 0 Å². The van der Waals surface area contributed by atoms with Crippen LogP contribution >= 0.6 is 0 Å². The number of anilines is 1. The maximum absolute atomic E-state index is 12.9. The molecule has 0 spiro atoms. The van der Waals surface area contributed by atoms with Gasteiger partial charge in [-0.1, -0.05) is 18.2 Å². The minimum absolute atomic E-state index is 0.0793. The summed E-state index contributed by atoms with van der Waals surface area (Å²) in [5, 5.41) is 14.8. The fraction of sp³-hybridized carbons (Fsp3) is 0.316. The Morgan fingerprint density at radius 3 is 2.67 bits per heavy atom. The molecule has 0 bridgehead atoms. The van der Waals surface area contributed by atoms with Crippen LogP contribution in [0.2, 0.25) is 0 Å². The second kappa shape index (κ2) is 9.03. The highest BCUT2D eigenvalue weighted by Crippen LogP contribution is 2.14. The zero-order valence-corrected chi connectivity index (χ0v) is 13.8. The van der Waals surface area contributed by atoms with Crippen LogP contribution < -0.4 is 10.6 Å². The van der Waals surface area contributed by atoms with E-state index >= 15 is 0 Å². The Balaban J connectivity index is 1.88. The summed E-state index contributed by atoms with van der Waals surface area (Å²) in [5.74, 6) is -0.423. The SMILES string of the molecule is CC(CCc1ccc(F)cc1)Nc1cccc(C(=O)NCCO)c1. The van der Waals surface area contributed by atoms with E-state index in [2.05, 4.69) is 17.6 Å². The van der Waals surface area contributed by atoms with Gasteiger partial charge in [-0.25, -0.2) is 4.39 Å². The number of nitrogens with one attached hydrogen (secondary N) is 2. The van der Waals surface area contributed by atoms with Crippen LogP contribution in [0.15, 0.2) is 48.5 Å². The first kappa shape index (κ1) is 17.9. The second-order valence-electron chi connectivity index (χ2n) is 5.77. The largest absolute Gasteiger partial charge is 0.395 e. The first-order valence-electron chi connectivity index (χ1n) is 8.08. The summed E-state index contributed by atoms with van der Waals surface area (Å²) in [6, 6.07) is 14.0. The lowest BCUT2D eigenvalue weighted by atomic mass is 10.1. The van der Waals surface area contributed by atoms with E-state index in [1.54, 1.807) is 24.3 Å². The molecule has 0 fully saturated rings. The van der Waals surface area contributed by atoms with E-state index in [9.17, 15) is 9.18 Å². The monoisotopic (exact) mass is 330 g/mol. The van der Waals surface area contributed by atoms with E-state index in [0.717, 1.165) is 24.1 Å². The molecule has 0 saturated carbocycles. The molecule has 5 heteroatoms. The van der Waals surface area contributed by atoms with Crippen molar-refractivity contribution < 1.29 is 14.3 Å². The standard InChI is InChI=1S/C19H23FN2O2/c1-14(5-6-15-7-9-17(20)10-8-15)22-18-4-2-3-16(13-18)19(24)21-11-12-23/h2-4,7-10,13-14,22-23H,5-6,11-12H2,1H3,(H,21,24). The van der Waals surface area contributed by atoms with E-state index in [-0.39, 0.29) is 30.9 Å². The molecule has 24 heavy (non-hydrogen) atoms. The van der Waals surface area contributed by atoms with Crippen LogP contribution in [-0.4, -0.2) is 30.2 Å². The molecule has 4 nitrogen and oxygen atoms in total. The Morgan fingerprint density at radius 2 is 1.96 bits per heavy atom. The fourth-order valence-electron chi connectivity index (χ4n) is 2.41. The van der Waals surface area contributed by atoms with Crippen molar-refractivity contribution in [1.82, 2.24) is 5.32 Å². The molecule has 0 radical (unpaired) electrons. The van der Waals surface area contributed by atoms with Crippen molar-refractivity contribution in [2.24, 2.45) is 0 Å². The van der Waals surface area contributed by atoms with Crippen LogP contribution in [0, 0.1) is 5.82 Å². The minimum Gasteiger partial charge on any atom is -0.395 e. The fourth-order valence-corrected chi connectivity index (χ4v) is 2.41. The average Bonchev–Trinajstić information content (AvgIpc) is 2.59. The van der Waals surface area contributed by atoms with E-state index in [1.165, 1.54) is 12.1 Å². The van der Waals surface area contributed by atoms with Crippen LogP contribution in [0.5, 0.6) is 0 Å². The predicted molar refractivity (Wildman–Crippen MR) is 93.7 cm³/mol. The molecule has 1 atom stereocenters. The third-order valence-corrected chi connectivity index (χ3v) is 3.71. The van der Waals surface area contributed by atoms with Gasteiger partial charge in [0.05, 0.1) is 6.61 Å². The van der Waals surface area contributed by atoms with Gasteiger partial charge in [0.25, 0.3) is 5.91 Å². The average molecular weight is 330 g/mol. The van der Waals surface area contributed by atoms with Gasteiger partial charge in [-0.3, -0.25) is 4.79 Å². The number of carbonyl (C=O) groups is 1. The Morgan fingerprint density at radius 1 is 1.21 bits per heavy atom. The highest BCUT2D eigenvalue weighted by Gasteiger charge is 2.07. The van der Waals surface area contributed by atoms with Gasteiger partial charge in [0.15, 0.2) is 0 Å². The van der Waals surface area contributed by atoms with E-state index in [4.69, 9.17) is 5.11 Å². The molecule has 0 aliphatic carbocycles. The minimum atomic E-state index is -0.221. The Kier molecular flexibility index (Phi) is 6.75. The molecular formula is C19H23FN2O2. The normalized spacial score (nSPS) is 11.8. The zero-order chi connectivity index (χ0) is 17.4. The molecule has 1 unspecified atom stereocenters. The van der Waals surface area contributed by atoms with Gasteiger partial charge in [-0.15, -0.1) is 0 Å². The topological polar surface area (TPSA) is 61.4 Å². The van der Waals surface area contributed by atoms with Gasteiger partial charge >= 0.3 is 0 Å². The van der Waals surface area contributed by atoms with Crippen LogP contribution in [0.3, 0.4) is 0 Å². The Labute approximate surface area is 141 Å². The number of hydrogen-bond donors (Lipinski definition) is 3. The molecule has 0 aromatic heterocycles. The predicted octanol–water partition coefficient (Wildman–Crippen LogP) is 2.98. The molecule has 1 amide bonds. The zero-order valence-electron chi connectivity index (χ0n) is 13.8. The first-order valence-corrected chi connectivity index (χ1v) is 8.08. The molecule has 0 aliphatic heterocycles. The molecule has 0 saturated heterocycles. The van der Waals surface area contributed by atoms with Crippen LogP contribution in [0.4, 0.5) is 10.1 Å². The lowest BCUT2D eigenvalue weighted by Crippen LogP contribution is -2.26. The summed E-state index contributed by atoms with van der Waals surface area (Å²) >= 11 is 0. The summed E-state index contributed by atoms with van der Waals surface area (Å²) in [4.78, 5) is 11.9. The Hall–Kier alpha value is -2.40. The number of hydrogen-bond acceptors (Lipinski definition) is 3. The first-order chi connectivity index (χ1) is 11.6. The van der Waals surface area contributed by atoms with Crippen molar-refractivity contribution in [3.05, 3.63) is 65.5 Å². The smallest absolute Gasteiger partial charge is 0.251 e. The third-order valence-electron chi connectivity index (χ3n) is 3.71. The molecule has 3 N–H and O–H groups in total. The molecule has 128 valence electrons. The number of aryl methyl sites for hydroxylation is 1. The van der Waals surface area contributed by atoms with E-state index in [0.29, 0.717) is 5.56 Å². The molecule has 2 aromatic rings. The lowest BCUT2D eigenvalue weighted by Gasteiger charge is -2.16. The summed E-state index contributed by atoms with van der Waals surface area (Å²) in [6.07, 6.45) is 1.75. The molecule has 2 aromatic carbocycles. The van der Waals surface area contributed by atoms with Crippen molar-refractivity contribution in [2.75, 3.05) is 18.5 Å². The lowest BCUT2D eigenvalue weighted by molar-refractivity contribution is 0.0945. The van der Waals surface area contributed by atoms with Gasteiger partial charge in [-0.05, 0) is 55.7 Å². The number of amides is 1. The van der Waals surface area contributed by atoms with Gasteiger partial charge < -0.3 is 15.7 Å². The van der Waals surface area contributed by atoms with Crippen molar-refractivity contribution >= 4 is 11.6 Å². The summed E-state index contributed by atoms with van der Waals surface area (Å²) in [6.45, 7) is 2.23. The highest BCUT2D eigenvalue weighted by molar-refractivity contribution is 5.95. The van der Waals surface area contributed by atoms with Gasteiger partial charge in [0, 0.05) is 23.8 Å². The summed E-state index contributed by atoms with van der Waals surface area (Å²) in [5.41, 5.74) is 2.53. The number of halogens is 1. The van der Waals surface area contributed by atoms with Crippen LogP contribution in [0.1, 0.15) is 29.3 Å². The quantitative estimate of drug-likeness (QED) is 0.697. The molecular weight excluding hydrogens is 307 g/mol. The van der Waals surface area contributed by atoms with Gasteiger partial charge in [0.1, 0.15) is 5.82 Å². The maximum atomic E-state index is 12.9. The van der Waals surface area contributed by atoms with Gasteiger partial charge in [-0.2, -0.15) is 0 Å². The number of carbonyl (C=O) groups excluding carboxylic acids is 1. The second-order valence-corrected chi connectivity index (χ2v) is 5.77. The van der Waals surface area contributed by atoms with Crippen molar-refractivity contribution in [1.29, 1.82) is 0 Å². The number of aliphatic hydroxyl groups is 1. The molecule has 0 heterocycles. The van der Waals surface area contributed by atoms with Crippen LogP contribution in [0.25, 0.3) is 0 Å². The van der Waals surface area contributed by atoms with Crippen molar-refractivity contribution in [2.45, 2.75) is 25.8 Å². The maximum Gasteiger partial charge on any atom is 0.251 e. The number of rotatable bonds is 8. The third kappa shape index (κ3) is 5.66. The number of aliphatic hydroxyl groups excluding tert-OH is 1. The summed E-state index contributed by atoms with van der Waals surface area (Å²) < 4.78 is 12.9. The van der Waals surface area contributed by atoms with Crippen molar-refractivity contribution in [3.63, 3.8) is 0 Å². The van der Waals surface area contributed by atoms with E-state index < -0.39 is 0 Å². The Bertz CT molecular complexity index is 659. The van der Waals surface area contributed by atoms with E-state index in [1.807, 2.05) is 12.1 Å². The van der Waals surface area contributed by atoms with Crippen LogP contribution in [-0.2, 0) is 6.42 Å².